The molecule has 3 rings (SSSR count). The number of rotatable bonds is 4. The molecule has 3 fully saturated rings. The van der Waals surface area contributed by atoms with Gasteiger partial charge in [-0.2, -0.15) is 0 Å². The second-order valence-electron chi connectivity index (χ2n) is 6.66. The lowest BCUT2D eigenvalue weighted by Crippen LogP contribution is -2.56. The van der Waals surface area contributed by atoms with Crippen LogP contribution in [0.4, 0.5) is 0 Å². The number of fused-ring (bicyclic) bond motifs is 3. The van der Waals surface area contributed by atoms with Crippen LogP contribution in [0.15, 0.2) is 12.2 Å². The van der Waals surface area contributed by atoms with E-state index in [1.807, 2.05) is 6.92 Å². The molecule has 0 amide bonds. The Morgan fingerprint density at radius 2 is 2.00 bits per heavy atom. The highest BCUT2D eigenvalue weighted by Gasteiger charge is 2.51. The average molecular weight is 238 g/mol. The Labute approximate surface area is 105 Å². The maximum absolute atomic E-state index is 10.1. The molecular formula is C15H26O2. The van der Waals surface area contributed by atoms with E-state index >= 15 is 0 Å². The highest BCUT2D eigenvalue weighted by molar-refractivity contribution is 5.02. The summed E-state index contributed by atoms with van der Waals surface area (Å²) in [5.74, 6) is 0.629. The van der Waals surface area contributed by atoms with Crippen molar-refractivity contribution in [3.63, 3.8) is 0 Å². The molecular weight excluding hydrogens is 212 g/mol. The lowest BCUT2D eigenvalue weighted by atomic mass is 9.66. The van der Waals surface area contributed by atoms with Gasteiger partial charge in [0.1, 0.15) is 0 Å². The van der Waals surface area contributed by atoms with E-state index in [-0.39, 0.29) is 17.3 Å². The zero-order chi connectivity index (χ0) is 12.7. The first-order valence-electron chi connectivity index (χ1n) is 6.86. The maximum Gasteiger partial charge on any atom is 0.0714 e. The van der Waals surface area contributed by atoms with Crippen LogP contribution in [-0.2, 0) is 4.74 Å². The van der Waals surface area contributed by atoms with Crippen molar-refractivity contribution in [2.24, 2.45) is 5.92 Å². The van der Waals surface area contributed by atoms with Gasteiger partial charge in [-0.05, 0) is 58.8 Å². The van der Waals surface area contributed by atoms with Crippen LogP contribution in [0.2, 0.25) is 0 Å². The molecule has 98 valence electrons. The summed E-state index contributed by atoms with van der Waals surface area (Å²) in [5, 5.41) is 10.1. The molecule has 17 heavy (non-hydrogen) atoms. The lowest BCUT2D eigenvalue weighted by Gasteiger charge is -2.56. The van der Waals surface area contributed by atoms with Gasteiger partial charge in [-0.25, -0.2) is 0 Å². The van der Waals surface area contributed by atoms with E-state index < -0.39 is 0 Å². The van der Waals surface area contributed by atoms with Gasteiger partial charge in [-0.15, -0.1) is 6.58 Å². The number of aliphatic hydroxyl groups is 1. The van der Waals surface area contributed by atoms with Crippen LogP contribution in [0, 0.1) is 5.92 Å². The topological polar surface area (TPSA) is 29.5 Å². The summed E-state index contributed by atoms with van der Waals surface area (Å²) in [6.07, 6.45) is 6.02. The second-order valence-corrected chi connectivity index (χ2v) is 6.66. The third-order valence-corrected chi connectivity index (χ3v) is 4.61. The Balaban J connectivity index is 2.01. The van der Waals surface area contributed by atoms with E-state index in [2.05, 4.69) is 20.4 Å². The van der Waals surface area contributed by atoms with Crippen LogP contribution in [0.5, 0.6) is 0 Å². The zero-order valence-electron chi connectivity index (χ0n) is 11.5. The second kappa shape index (κ2) is 4.40. The van der Waals surface area contributed by atoms with Gasteiger partial charge < -0.3 is 9.84 Å². The van der Waals surface area contributed by atoms with Gasteiger partial charge in [0.15, 0.2) is 0 Å². The molecule has 0 aromatic heterocycles. The third kappa shape index (κ3) is 2.74. The van der Waals surface area contributed by atoms with Gasteiger partial charge in [0.25, 0.3) is 0 Å². The van der Waals surface area contributed by atoms with Gasteiger partial charge in [-0.1, -0.05) is 5.57 Å². The molecule has 2 heteroatoms. The molecule has 0 aromatic carbocycles. The van der Waals surface area contributed by atoms with E-state index in [1.165, 1.54) is 25.7 Å². The van der Waals surface area contributed by atoms with Crippen molar-refractivity contribution < 1.29 is 9.84 Å². The van der Waals surface area contributed by atoms with Crippen LogP contribution in [0.3, 0.4) is 0 Å². The molecule has 1 aliphatic carbocycles. The molecule has 3 aliphatic rings. The van der Waals surface area contributed by atoms with Gasteiger partial charge in [0, 0.05) is 6.42 Å². The molecule has 2 bridgehead atoms. The first-order chi connectivity index (χ1) is 7.83. The first-order valence-corrected chi connectivity index (χ1v) is 6.86. The van der Waals surface area contributed by atoms with E-state index in [9.17, 15) is 5.11 Å². The largest absolute Gasteiger partial charge is 0.393 e. The summed E-state index contributed by atoms with van der Waals surface area (Å²) < 4.78 is 6.32. The number of ether oxygens (including phenoxy) is 1. The molecule has 2 nitrogen and oxygen atoms in total. The normalized spacial score (nSPS) is 42.5. The van der Waals surface area contributed by atoms with E-state index in [0.29, 0.717) is 12.3 Å². The molecule has 2 aliphatic heterocycles. The van der Waals surface area contributed by atoms with Crippen molar-refractivity contribution in [1.29, 1.82) is 0 Å². The minimum Gasteiger partial charge on any atom is -0.393 e. The van der Waals surface area contributed by atoms with Crippen molar-refractivity contribution in [2.75, 3.05) is 0 Å². The van der Waals surface area contributed by atoms with Crippen molar-refractivity contribution in [1.82, 2.24) is 0 Å². The minimum atomic E-state index is -0.305. The Bertz CT molecular complexity index is 302. The SMILES string of the molecule is C=C(C)C[C@@H](O)C[C@]1(C)OC2(C)CCC1CC2. The molecule has 2 saturated heterocycles. The smallest absolute Gasteiger partial charge is 0.0714 e. The molecule has 0 unspecified atom stereocenters. The summed E-state index contributed by atoms with van der Waals surface area (Å²) in [6, 6.07) is 0. The summed E-state index contributed by atoms with van der Waals surface area (Å²) in [5.41, 5.74) is 0.986. The van der Waals surface area contributed by atoms with Crippen LogP contribution >= 0.6 is 0 Å². The fourth-order valence-electron chi connectivity index (χ4n) is 3.74. The molecule has 1 N–H and O–H groups in total. The Morgan fingerprint density at radius 1 is 1.41 bits per heavy atom. The molecule has 2 atom stereocenters. The van der Waals surface area contributed by atoms with Crippen molar-refractivity contribution in [2.45, 2.75) is 76.6 Å². The summed E-state index contributed by atoms with van der Waals surface area (Å²) in [7, 11) is 0. The summed E-state index contributed by atoms with van der Waals surface area (Å²) in [4.78, 5) is 0. The Hall–Kier alpha value is -0.340. The molecule has 0 aromatic rings. The Kier molecular flexibility index (Phi) is 3.39. The molecule has 2 heterocycles. The van der Waals surface area contributed by atoms with Gasteiger partial charge in [-0.3, -0.25) is 0 Å². The number of hydrogen-bond donors (Lipinski definition) is 1. The van der Waals surface area contributed by atoms with E-state index in [1.54, 1.807) is 0 Å². The number of hydrogen-bond acceptors (Lipinski definition) is 2. The van der Waals surface area contributed by atoms with Gasteiger partial charge >= 0.3 is 0 Å². The fourth-order valence-corrected chi connectivity index (χ4v) is 3.74. The predicted molar refractivity (Wildman–Crippen MR) is 69.9 cm³/mol. The van der Waals surface area contributed by atoms with Gasteiger partial charge in [0.05, 0.1) is 17.3 Å². The lowest BCUT2D eigenvalue weighted by molar-refractivity contribution is -0.247. The van der Waals surface area contributed by atoms with E-state index in [0.717, 1.165) is 12.0 Å². The molecule has 0 radical (unpaired) electrons. The van der Waals surface area contributed by atoms with Crippen molar-refractivity contribution in [3.8, 4) is 0 Å². The summed E-state index contributed by atoms with van der Waals surface area (Å²) in [6.45, 7) is 10.3. The molecule has 0 spiro atoms. The monoisotopic (exact) mass is 238 g/mol. The number of aliphatic hydroxyl groups excluding tert-OH is 1. The summed E-state index contributed by atoms with van der Waals surface area (Å²) >= 11 is 0. The predicted octanol–water partition coefficient (Wildman–Crippen LogP) is 3.44. The highest BCUT2D eigenvalue weighted by atomic mass is 16.5. The van der Waals surface area contributed by atoms with Crippen LogP contribution in [-0.4, -0.2) is 22.4 Å². The zero-order valence-corrected chi connectivity index (χ0v) is 11.5. The standard InChI is InChI=1S/C15H26O2/c1-11(2)9-13(16)10-15(4)12-5-7-14(3,17-15)8-6-12/h12-13,16H,1,5-10H2,2-4H3/t12?,13-,14?,15+/m1/s1. The van der Waals surface area contributed by atoms with Gasteiger partial charge in [0.2, 0.25) is 0 Å². The minimum absolute atomic E-state index is 0.0619. The van der Waals surface area contributed by atoms with Crippen LogP contribution in [0.1, 0.15) is 59.3 Å². The van der Waals surface area contributed by atoms with Crippen molar-refractivity contribution >= 4 is 0 Å². The first kappa shape index (κ1) is 13.1. The third-order valence-electron chi connectivity index (χ3n) is 4.61. The highest BCUT2D eigenvalue weighted by Crippen LogP contribution is 2.51. The fraction of sp³-hybridized carbons (Fsp3) is 0.867. The maximum atomic E-state index is 10.1. The van der Waals surface area contributed by atoms with Crippen LogP contribution in [0.25, 0.3) is 0 Å². The average Bonchev–Trinajstić information content (AvgIpc) is 2.14. The van der Waals surface area contributed by atoms with Crippen LogP contribution < -0.4 is 0 Å². The quantitative estimate of drug-likeness (QED) is 0.760. The van der Waals surface area contributed by atoms with E-state index in [4.69, 9.17) is 4.74 Å². The molecule has 1 saturated carbocycles. The van der Waals surface area contributed by atoms with Crippen molar-refractivity contribution in [3.05, 3.63) is 12.2 Å². The Morgan fingerprint density at radius 3 is 2.47 bits per heavy atom.